The summed E-state index contributed by atoms with van der Waals surface area (Å²) in [4.78, 5) is 4.44. The lowest BCUT2D eigenvalue weighted by molar-refractivity contribution is 1.06. The van der Waals surface area contributed by atoms with Gasteiger partial charge in [-0.25, -0.2) is 0 Å². The smallest absolute Gasteiger partial charge is 0.0906 e. The number of hydrogen-bond acceptors (Lipinski definition) is 1. The standard InChI is InChI=1S/C11H9Cl2N/c1-2-7-6-10(13)8-4-3-5-9(12)11(8)14-7/h3-6H,2H2,1H3. The second kappa shape index (κ2) is 3.76. The highest BCUT2D eigenvalue weighted by molar-refractivity contribution is 6.39. The first-order valence-corrected chi connectivity index (χ1v) is 5.21. The molecule has 72 valence electrons. The van der Waals surface area contributed by atoms with Gasteiger partial charge in [0.25, 0.3) is 0 Å². The van der Waals surface area contributed by atoms with Crippen LogP contribution < -0.4 is 0 Å². The molecule has 14 heavy (non-hydrogen) atoms. The Morgan fingerprint density at radius 2 is 2.00 bits per heavy atom. The van der Waals surface area contributed by atoms with Crippen LogP contribution >= 0.6 is 23.2 Å². The van der Waals surface area contributed by atoms with Gasteiger partial charge in [-0.15, -0.1) is 0 Å². The number of rotatable bonds is 1. The zero-order valence-corrected chi connectivity index (χ0v) is 9.23. The highest BCUT2D eigenvalue weighted by Crippen LogP contribution is 2.28. The molecule has 2 aromatic rings. The summed E-state index contributed by atoms with van der Waals surface area (Å²) in [7, 11) is 0. The molecule has 0 fully saturated rings. The van der Waals surface area contributed by atoms with E-state index in [0.717, 1.165) is 23.0 Å². The topological polar surface area (TPSA) is 12.9 Å². The lowest BCUT2D eigenvalue weighted by atomic mass is 10.2. The molecule has 0 aliphatic rings. The second-order valence-electron chi connectivity index (χ2n) is 3.08. The maximum atomic E-state index is 6.11. The second-order valence-corrected chi connectivity index (χ2v) is 3.90. The number of para-hydroxylation sites is 1. The average molecular weight is 226 g/mol. The van der Waals surface area contributed by atoms with Gasteiger partial charge in [-0.1, -0.05) is 42.3 Å². The van der Waals surface area contributed by atoms with Crippen LogP contribution in [0, 0.1) is 0 Å². The minimum Gasteiger partial charge on any atom is -0.251 e. The normalized spacial score (nSPS) is 10.8. The Balaban J connectivity index is 2.83. The Bertz CT molecular complexity index is 480. The number of benzene rings is 1. The highest BCUT2D eigenvalue weighted by Gasteiger charge is 2.05. The van der Waals surface area contributed by atoms with E-state index >= 15 is 0 Å². The maximum Gasteiger partial charge on any atom is 0.0906 e. The van der Waals surface area contributed by atoms with Crippen LogP contribution in [0.5, 0.6) is 0 Å². The minimum absolute atomic E-state index is 0.653. The van der Waals surface area contributed by atoms with Crippen LogP contribution in [0.4, 0.5) is 0 Å². The molecule has 1 aromatic heterocycles. The molecule has 0 saturated carbocycles. The van der Waals surface area contributed by atoms with Crippen LogP contribution in [-0.2, 0) is 6.42 Å². The number of fused-ring (bicyclic) bond motifs is 1. The predicted molar refractivity (Wildman–Crippen MR) is 61.1 cm³/mol. The third-order valence-electron chi connectivity index (χ3n) is 2.16. The number of hydrogen-bond donors (Lipinski definition) is 0. The van der Waals surface area contributed by atoms with E-state index in [4.69, 9.17) is 23.2 Å². The lowest BCUT2D eigenvalue weighted by Gasteiger charge is -2.04. The third-order valence-corrected chi connectivity index (χ3v) is 2.77. The summed E-state index contributed by atoms with van der Waals surface area (Å²) in [6.45, 7) is 2.04. The Morgan fingerprint density at radius 1 is 1.21 bits per heavy atom. The van der Waals surface area contributed by atoms with Gasteiger partial charge in [0.05, 0.1) is 15.6 Å². The van der Waals surface area contributed by atoms with Crippen LogP contribution in [0.25, 0.3) is 10.9 Å². The minimum atomic E-state index is 0.653. The van der Waals surface area contributed by atoms with Crippen molar-refractivity contribution in [3.8, 4) is 0 Å². The highest BCUT2D eigenvalue weighted by atomic mass is 35.5. The molecule has 0 aliphatic carbocycles. The molecule has 1 heterocycles. The predicted octanol–water partition coefficient (Wildman–Crippen LogP) is 4.10. The van der Waals surface area contributed by atoms with Crippen LogP contribution in [0.15, 0.2) is 24.3 Å². The Kier molecular flexibility index (Phi) is 2.62. The molecule has 0 amide bonds. The SMILES string of the molecule is CCc1cc(Cl)c2cccc(Cl)c2n1. The molecule has 0 aliphatic heterocycles. The van der Waals surface area contributed by atoms with E-state index in [1.165, 1.54) is 0 Å². The molecule has 0 N–H and O–H groups in total. The van der Waals surface area contributed by atoms with E-state index < -0.39 is 0 Å². The number of nitrogens with zero attached hydrogens (tertiary/aromatic N) is 1. The molecule has 0 bridgehead atoms. The van der Waals surface area contributed by atoms with Crippen molar-refractivity contribution in [1.29, 1.82) is 0 Å². The van der Waals surface area contributed by atoms with E-state index in [0.29, 0.717) is 10.0 Å². The summed E-state index contributed by atoms with van der Waals surface area (Å²) >= 11 is 12.2. The Hall–Kier alpha value is -0.790. The van der Waals surface area contributed by atoms with Gasteiger partial charge >= 0.3 is 0 Å². The molecule has 0 radical (unpaired) electrons. The van der Waals surface area contributed by atoms with Crippen LogP contribution in [0.2, 0.25) is 10.0 Å². The first-order chi connectivity index (χ1) is 6.72. The van der Waals surface area contributed by atoms with Crippen molar-refractivity contribution in [2.45, 2.75) is 13.3 Å². The fraction of sp³-hybridized carbons (Fsp3) is 0.182. The van der Waals surface area contributed by atoms with Gasteiger partial charge in [0.1, 0.15) is 0 Å². The zero-order chi connectivity index (χ0) is 10.1. The van der Waals surface area contributed by atoms with E-state index in [9.17, 15) is 0 Å². The molecule has 0 unspecified atom stereocenters. The van der Waals surface area contributed by atoms with Gasteiger partial charge in [0.15, 0.2) is 0 Å². The van der Waals surface area contributed by atoms with E-state index in [2.05, 4.69) is 4.98 Å². The number of aromatic nitrogens is 1. The summed E-state index contributed by atoms with van der Waals surface area (Å²) in [5.41, 5.74) is 1.76. The molecule has 1 nitrogen and oxygen atoms in total. The van der Waals surface area contributed by atoms with E-state index in [-0.39, 0.29) is 0 Å². The average Bonchev–Trinajstić information content (AvgIpc) is 2.19. The molecule has 0 spiro atoms. The maximum absolute atomic E-state index is 6.11. The van der Waals surface area contributed by atoms with Crippen LogP contribution in [0.1, 0.15) is 12.6 Å². The molecule has 0 saturated heterocycles. The van der Waals surface area contributed by atoms with Crippen molar-refractivity contribution < 1.29 is 0 Å². The molecule has 0 atom stereocenters. The van der Waals surface area contributed by atoms with Gasteiger partial charge < -0.3 is 0 Å². The summed E-state index contributed by atoms with van der Waals surface area (Å²) in [6, 6.07) is 7.52. The van der Waals surface area contributed by atoms with Crippen molar-refractivity contribution in [3.63, 3.8) is 0 Å². The molecule has 2 rings (SSSR count). The van der Waals surface area contributed by atoms with Crippen molar-refractivity contribution in [2.75, 3.05) is 0 Å². The van der Waals surface area contributed by atoms with Gasteiger partial charge in [-0.3, -0.25) is 4.98 Å². The third kappa shape index (κ3) is 1.58. The largest absolute Gasteiger partial charge is 0.251 e. The Labute approximate surface area is 92.7 Å². The quantitative estimate of drug-likeness (QED) is 0.713. The van der Waals surface area contributed by atoms with Gasteiger partial charge in [-0.05, 0) is 18.6 Å². The zero-order valence-electron chi connectivity index (χ0n) is 7.72. The van der Waals surface area contributed by atoms with Gasteiger partial charge in [-0.2, -0.15) is 0 Å². The number of pyridine rings is 1. The van der Waals surface area contributed by atoms with Crippen molar-refractivity contribution in [1.82, 2.24) is 4.98 Å². The summed E-state index contributed by atoms with van der Waals surface area (Å²) in [6.07, 6.45) is 0.862. The summed E-state index contributed by atoms with van der Waals surface area (Å²) in [5.74, 6) is 0. The molecular formula is C11H9Cl2N. The first kappa shape index (κ1) is 9.75. The van der Waals surface area contributed by atoms with Gasteiger partial charge in [0.2, 0.25) is 0 Å². The van der Waals surface area contributed by atoms with Crippen molar-refractivity contribution in [2.24, 2.45) is 0 Å². The van der Waals surface area contributed by atoms with E-state index in [1.807, 2.05) is 31.2 Å². The van der Waals surface area contributed by atoms with Crippen LogP contribution in [0.3, 0.4) is 0 Å². The Morgan fingerprint density at radius 3 is 2.71 bits per heavy atom. The number of halogens is 2. The van der Waals surface area contributed by atoms with Crippen LogP contribution in [-0.4, -0.2) is 4.98 Å². The first-order valence-electron chi connectivity index (χ1n) is 4.46. The van der Waals surface area contributed by atoms with Crippen molar-refractivity contribution >= 4 is 34.1 Å². The fourth-order valence-corrected chi connectivity index (χ4v) is 1.90. The summed E-state index contributed by atoms with van der Waals surface area (Å²) < 4.78 is 0. The lowest BCUT2D eigenvalue weighted by Crippen LogP contribution is -1.89. The molecular weight excluding hydrogens is 217 g/mol. The summed E-state index contributed by atoms with van der Waals surface area (Å²) in [5, 5.41) is 2.28. The van der Waals surface area contributed by atoms with Crippen molar-refractivity contribution in [3.05, 3.63) is 40.0 Å². The molecule has 1 aromatic carbocycles. The number of aryl methyl sites for hydroxylation is 1. The van der Waals surface area contributed by atoms with E-state index in [1.54, 1.807) is 0 Å². The monoisotopic (exact) mass is 225 g/mol. The molecule has 3 heteroatoms. The van der Waals surface area contributed by atoms with Gasteiger partial charge in [0, 0.05) is 11.1 Å². The fourth-order valence-electron chi connectivity index (χ4n) is 1.40.